The second kappa shape index (κ2) is 7.90. The van der Waals surface area contributed by atoms with Crippen molar-refractivity contribution in [2.75, 3.05) is 7.11 Å². The van der Waals surface area contributed by atoms with Crippen molar-refractivity contribution in [3.8, 4) is 17.2 Å². The summed E-state index contributed by atoms with van der Waals surface area (Å²) < 4.78 is 17.9. The highest BCUT2D eigenvalue weighted by molar-refractivity contribution is 9.10. The van der Waals surface area contributed by atoms with Gasteiger partial charge in [0.25, 0.3) is 0 Å². The van der Waals surface area contributed by atoms with Gasteiger partial charge >= 0.3 is 0 Å². The van der Waals surface area contributed by atoms with Crippen LogP contribution in [0.2, 0.25) is 0 Å². The minimum absolute atomic E-state index is 0.161. The van der Waals surface area contributed by atoms with E-state index in [2.05, 4.69) is 15.9 Å². The highest BCUT2D eigenvalue weighted by Crippen LogP contribution is 2.36. The highest BCUT2D eigenvalue weighted by Gasteiger charge is 2.28. The number of halogens is 1. The topological polar surface area (TPSA) is 44.8 Å². The lowest BCUT2D eigenvalue weighted by atomic mass is 10.1. The number of carbonyl (C=O) groups excluding carboxylic acids is 1. The molecule has 0 saturated heterocycles. The first kappa shape index (κ1) is 18.3. The van der Waals surface area contributed by atoms with Crippen molar-refractivity contribution < 1.29 is 19.0 Å². The van der Waals surface area contributed by atoms with E-state index < -0.39 is 0 Å². The summed E-state index contributed by atoms with van der Waals surface area (Å²) in [6.45, 7) is 0.450. The molecule has 0 radical (unpaired) electrons. The normalized spacial score (nSPS) is 13.9. The van der Waals surface area contributed by atoms with E-state index in [4.69, 9.17) is 14.2 Å². The molecule has 3 aromatic carbocycles. The Kier molecular flexibility index (Phi) is 5.17. The smallest absolute Gasteiger partial charge is 0.231 e. The van der Waals surface area contributed by atoms with E-state index in [-0.39, 0.29) is 11.5 Å². The van der Waals surface area contributed by atoms with Crippen LogP contribution < -0.4 is 14.2 Å². The van der Waals surface area contributed by atoms with Crippen molar-refractivity contribution in [1.29, 1.82) is 0 Å². The number of hydrogen-bond acceptors (Lipinski definition) is 4. The number of benzene rings is 3. The Morgan fingerprint density at radius 2 is 1.86 bits per heavy atom. The van der Waals surface area contributed by atoms with Crippen LogP contribution in [0.4, 0.5) is 0 Å². The summed E-state index contributed by atoms with van der Waals surface area (Å²) in [6, 6.07) is 20.7. The SMILES string of the molecule is COc1ccc(Br)cc1C=C1Oc2cc(OCc3ccccc3)ccc2C1=O. The quantitative estimate of drug-likeness (QED) is 0.484. The summed E-state index contributed by atoms with van der Waals surface area (Å²) >= 11 is 3.44. The number of ketones is 1. The second-order valence-corrected chi connectivity index (χ2v) is 7.17. The molecule has 0 saturated carbocycles. The second-order valence-electron chi connectivity index (χ2n) is 6.26. The highest BCUT2D eigenvalue weighted by atomic mass is 79.9. The number of allylic oxidation sites excluding steroid dienone is 1. The molecule has 0 fully saturated rings. The van der Waals surface area contributed by atoms with Crippen LogP contribution in [0.5, 0.6) is 17.2 Å². The maximum atomic E-state index is 12.7. The first-order chi connectivity index (χ1) is 13.6. The summed E-state index contributed by atoms with van der Waals surface area (Å²) in [4.78, 5) is 12.7. The number of carbonyl (C=O) groups is 1. The van der Waals surface area contributed by atoms with E-state index in [1.807, 2.05) is 48.5 Å². The predicted octanol–water partition coefficient (Wildman–Crippen LogP) is 5.65. The van der Waals surface area contributed by atoms with Gasteiger partial charge in [0.1, 0.15) is 23.9 Å². The van der Waals surface area contributed by atoms with Gasteiger partial charge in [0.2, 0.25) is 5.78 Å². The van der Waals surface area contributed by atoms with Gasteiger partial charge in [-0.15, -0.1) is 0 Å². The monoisotopic (exact) mass is 436 g/mol. The third-order valence-electron chi connectivity index (χ3n) is 4.37. The third kappa shape index (κ3) is 3.80. The number of ether oxygens (including phenoxy) is 3. The Bertz CT molecular complexity index is 1060. The zero-order chi connectivity index (χ0) is 19.5. The fourth-order valence-electron chi connectivity index (χ4n) is 2.96. The fourth-order valence-corrected chi connectivity index (χ4v) is 3.34. The van der Waals surface area contributed by atoms with Gasteiger partial charge in [0, 0.05) is 16.1 Å². The minimum atomic E-state index is -0.161. The number of fused-ring (bicyclic) bond motifs is 1. The lowest BCUT2D eigenvalue weighted by molar-refractivity contribution is 0.101. The molecule has 0 atom stereocenters. The summed E-state index contributed by atoms with van der Waals surface area (Å²) in [5.41, 5.74) is 2.35. The maximum absolute atomic E-state index is 12.7. The molecular weight excluding hydrogens is 420 g/mol. The molecule has 28 heavy (non-hydrogen) atoms. The zero-order valence-electron chi connectivity index (χ0n) is 15.1. The maximum Gasteiger partial charge on any atom is 0.231 e. The molecule has 1 aliphatic rings. The standard InChI is InChI=1S/C23H17BrO4/c1-26-20-10-7-17(24)11-16(20)12-22-23(25)19-9-8-18(13-21(19)28-22)27-14-15-5-3-2-4-6-15/h2-13H,14H2,1H3. The van der Waals surface area contributed by atoms with E-state index in [1.165, 1.54) is 0 Å². The number of hydrogen-bond donors (Lipinski definition) is 0. The molecule has 0 bridgehead atoms. The summed E-state index contributed by atoms with van der Waals surface area (Å²) in [5.74, 6) is 1.90. The minimum Gasteiger partial charge on any atom is -0.496 e. The Morgan fingerprint density at radius 1 is 1.04 bits per heavy atom. The van der Waals surface area contributed by atoms with Gasteiger partial charge in [0.05, 0.1) is 12.7 Å². The molecule has 4 rings (SSSR count). The third-order valence-corrected chi connectivity index (χ3v) is 4.86. The van der Waals surface area contributed by atoms with E-state index in [0.717, 1.165) is 15.6 Å². The van der Waals surface area contributed by atoms with Crippen molar-refractivity contribution >= 4 is 27.8 Å². The molecule has 0 N–H and O–H groups in total. The number of rotatable bonds is 5. The van der Waals surface area contributed by atoms with E-state index in [0.29, 0.717) is 29.4 Å². The van der Waals surface area contributed by atoms with Crippen LogP contribution >= 0.6 is 15.9 Å². The van der Waals surface area contributed by atoms with E-state index >= 15 is 0 Å². The Labute approximate surface area is 171 Å². The zero-order valence-corrected chi connectivity index (χ0v) is 16.7. The average molecular weight is 437 g/mol. The van der Waals surface area contributed by atoms with Gasteiger partial charge in [-0.1, -0.05) is 46.3 Å². The molecule has 0 unspecified atom stereocenters. The molecule has 140 valence electrons. The van der Waals surface area contributed by atoms with Crippen LogP contribution in [-0.2, 0) is 6.61 Å². The first-order valence-electron chi connectivity index (χ1n) is 8.72. The number of Topliss-reactive ketones (excluding diaryl/α,β-unsaturated/α-hetero) is 1. The van der Waals surface area contributed by atoms with Gasteiger partial charge in [-0.2, -0.15) is 0 Å². The van der Waals surface area contributed by atoms with Crippen molar-refractivity contribution in [3.63, 3.8) is 0 Å². The van der Waals surface area contributed by atoms with Gasteiger partial charge in [-0.25, -0.2) is 0 Å². The van der Waals surface area contributed by atoms with Crippen molar-refractivity contribution in [2.45, 2.75) is 6.61 Å². The van der Waals surface area contributed by atoms with Crippen LogP contribution in [0.25, 0.3) is 6.08 Å². The lowest BCUT2D eigenvalue weighted by Crippen LogP contribution is -1.99. The predicted molar refractivity (Wildman–Crippen MR) is 111 cm³/mol. The fraction of sp³-hybridized carbons (Fsp3) is 0.0870. The van der Waals surface area contributed by atoms with Gasteiger partial charge < -0.3 is 14.2 Å². The average Bonchev–Trinajstić information content (AvgIpc) is 3.02. The van der Waals surface area contributed by atoms with Gasteiger partial charge in [0.15, 0.2) is 5.76 Å². The Balaban J connectivity index is 1.56. The van der Waals surface area contributed by atoms with E-state index in [9.17, 15) is 4.79 Å². The van der Waals surface area contributed by atoms with Crippen molar-refractivity contribution in [3.05, 3.63) is 93.7 Å². The Hall–Kier alpha value is -3.05. The molecule has 0 amide bonds. The molecule has 0 spiro atoms. The van der Waals surface area contributed by atoms with Crippen molar-refractivity contribution in [2.24, 2.45) is 0 Å². The lowest BCUT2D eigenvalue weighted by Gasteiger charge is -2.07. The van der Waals surface area contributed by atoms with Crippen LogP contribution in [-0.4, -0.2) is 12.9 Å². The van der Waals surface area contributed by atoms with Crippen LogP contribution in [0, 0.1) is 0 Å². The van der Waals surface area contributed by atoms with Crippen LogP contribution in [0.3, 0.4) is 0 Å². The largest absolute Gasteiger partial charge is 0.496 e. The van der Waals surface area contributed by atoms with E-state index in [1.54, 1.807) is 31.4 Å². The van der Waals surface area contributed by atoms with Crippen LogP contribution in [0.1, 0.15) is 21.5 Å². The molecule has 5 heteroatoms. The molecule has 4 nitrogen and oxygen atoms in total. The van der Waals surface area contributed by atoms with Crippen LogP contribution in [0.15, 0.2) is 77.0 Å². The number of methoxy groups -OCH3 is 1. The Morgan fingerprint density at radius 3 is 2.64 bits per heavy atom. The molecule has 0 aliphatic carbocycles. The summed E-state index contributed by atoms with van der Waals surface area (Å²) in [6.07, 6.45) is 1.69. The molecular formula is C23H17BrO4. The summed E-state index contributed by atoms with van der Waals surface area (Å²) in [7, 11) is 1.59. The summed E-state index contributed by atoms with van der Waals surface area (Å²) in [5, 5.41) is 0. The van der Waals surface area contributed by atoms with Crippen molar-refractivity contribution in [1.82, 2.24) is 0 Å². The molecule has 1 aliphatic heterocycles. The molecule has 1 heterocycles. The molecule has 3 aromatic rings. The van der Waals surface area contributed by atoms with Gasteiger partial charge in [-0.05, 0) is 42.0 Å². The first-order valence-corrected chi connectivity index (χ1v) is 9.52. The molecule has 0 aromatic heterocycles. The van der Waals surface area contributed by atoms with Gasteiger partial charge in [-0.3, -0.25) is 4.79 Å².